The highest BCUT2D eigenvalue weighted by molar-refractivity contribution is 5.79. The number of carbonyl (C=O) groups excluding carboxylic acids is 1. The lowest BCUT2D eigenvalue weighted by atomic mass is 9.83. The Kier molecular flexibility index (Phi) is 2.50. The summed E-state index contributed by atoms with van der Waals surface area (Å²) in [7, 11) is 0. The van der Waals surface area contributed by atoms with Gasteiger partial charge in [-0.3, -0.25) is 4.79 Å². The molecule has 2 bridgehead atoms. The molecule has 1 amide bonds. The van der Waals surface area contributed by atoms with E-state index >= 15 is 0 Å². The van der Waals surface area contributed by atoms with Crippen LogP contribution in [0.15, 0.2) is 0 Å². The van der Waals surface area contributed by atoms with Crippen LogP contribution in [0.2, 0.25) is 0 Å². The summed E-state index contributed by atoms with van der Waals surface area (Å²) in [4.78, 5) is 12.3. The van der Waals surface area contributed by atoms with E-state index in [1.54, 1.807) is 0 Å². The van der Waals surface area contributed by atoms with Gasteiger partial charge in [0.2, 0.25) is 5.91 Å². The summed E-state index contributed by atoms with van der Waals surface area (Å²) < 4.78 is 0. The van der Waals surface area contributed by atoms with Gasteiger partial charge in [-0.1, -0.05) is 6.42 Å². The second kappa shape index (κ2) is 3.98. The van der Waals surface area contributed by atoms with Gasteiger partial charge in [-0.2, -0.15) is 0 Å². The average Bonchev–Trinajstić information content (AvgIpc) is 2.80. The van der Waals surface area contributed by atoms with E-state index in [9.17, 15) is 4.79 Å². The number of amides is 1. The van der Waals surface area contributed by atoms with Crippen LogP contribution >= 0.6 is 0 Å². The van der Waals surface area contributed by atoms with Crippen LogP contribution in [0.25, 0.3) is 0 Å². The van der Waals surface area contributed by atoms with Gasteiger partial charge in [0.05, 0.1) is 0 Å². The fraction of sp³-hybridized carbons (Fsp3) is 0.938. The third kappa shape index (κ3) is 1.80. The Bertz CT molecular complexity index is 356. The molecule has 2 heteroatoms. The molecule has 0 saturated heterocycles. The van der Waals surface area contributed by atoms with Crippen LogP contribution < -0.4 is 5.32 Å². The third-order valence-corrected chi connectivity index (χ3v) is 6.42. The molecular weight excluding hydrogens is 222 g/mol. The predicted octanol–water partition coefficient (Wildman–Crippen LogP) is 2.97. The zero-order valence-electron chi connectivity index (χ0n) is 11.4. The Labute approximate surface area is 110 Å². The Morgan fingerprint density at radius 2 is 1.78 bits per heavy atom. The molecule has 2 nitrogen and oxygen atoms in total. The summed E-state index contributed by atoms with van der Waals surface area (Å²) in [5.74, 6) is 5.24. The summed E-state index contributed by atoms with van der Waals surface area (Å²) in [5.41, 5.74) is 0. The van der Waals surface area contributed by atoms with Gasteiger partial charge in [0.25, 0.3) is 0 Å². The van der Waals surface area contributed by atoms with Crippen molar-refractivity contribution in [3.63, 3.8) is 0 Å². The largest absolute Gasteiger partial charge is 0.353 e. The topological polar surface area (TPSA) is 29.1 Å². The van der Waals surface area contributed by atoms with E-state index in [0.29, 0.717) is 17.9 Å². The first kappa shape index (κ1) is 11.3. The Balaban J connectivity index is 1.32. The molecule has 4 fully saturated rings. The first-order chi connectivity index (χ1) is 8.70. The molecule has 4 aliphatic rings. The highest BCUT2D eigenvalue weighted by atomic mass is 16.1. The number of carbonyl (C=O) groups is 1. The Morgan fingerprint density at radius 1 is 1.00 bits per heavy atom. The number of fused-ring (bicyclic) bond motifs is 3. The maximum Gasteiger partial charge on any atom is 0.223 e. The molecular formula is C16H25NO. The number of nitrogens with one attached hydrogen (secondary N) is 1. The van der Waals surface area contributed by atoms with Crippen LogP contribution in [0.3, 0.4) is 0 Å². The minimum Gasteiger partial charge on any atom is -0.353 e. The molecule has 0 heterocycles. The molecule has 6 atom stereocenters. The highest BCUT2D eigenvalue weighted by Gasteiger charge is 2.48. The van der Waals surface area contributed by atoms with E-state index in [1.165, 1.54) is 44.9 Å². The molecule has 0 radical (unpaired) electrons. The number of hydrogen-bond acceptors (Lipinski definition) is 1. The van der Waals surface area contributed by atoms with Gasteiger partial charge in [0.1, 0.15) is 0 Å². The lowest BCUT2D eigenvalue weighted by Crippen LogP contribution is -2.42. The monoisotopic (exact) mass is 247 g/mol. The first-order valence-corrected chi connectivity index (χ1v) is 8.01. The standard InChI is InChI=1S/C16H25NO/c1-9(15-5-10-2-3-11(15)4-10)17-16(18)14-7-12-6-13(12)8-14/h9-15H,2-8H2,1H3,(H,17,18). The van der Waals surface area contributed by atoms with E-state index in [-0.39, 0.29) is 0 Å². The van der Waals surface area contributed by atoms with Crippen LogP contribution in [0.1, 0.15) is 51.9 Å². The second-order valence-corrected chi connectivity index (χ2v) is 7.56. The Hall–Kier alpha value is -0.530. The molecule has 4 rings (SSSR count). The molecule has 0 aromatic carbocycles. The van der Waals surface area contributed by atoms with Crippen molar-refractivity contribution in [1.29, 1.82) is 0 Å². The van der Waals surface area contributed by atoms with E-state index < -0.39 is 0 Å². The molecule has 4 aliphatic carbocycles. The fourth-order valence-electron chi connectivity index (χ4n) is 5.28. The maximum absolute atomic E-state index is 12.3. The van der Waals surface area contributed by atoms with Crippen LogP contribution in [0.5, 0.6) is 0 Å². The predicted molar refractivity (Wildman–Crippen MR) is 70.9 cm³/mol. The van der Waals surface area contributed by atoms with Crippen LogP contribution in [0.4, 0.5) is 0 Å². The summed E-state index contributed by atoms with van der Waals surface area (Å²) in [6.45, 7) is 2.25. The van der Waals surface area contributed by atoms with Crippen molar-refractivity contribution in [3.8, 4) is 0 Å². The van der Waals surface area contributed by atoms with Crippen molar-refractivity contribution in [1.82, 2.24) is 5.32 Å². The normalized spacial score (nSPS) is 50.1. The molecule has 0 aliphatic heterocycles. The zero-order valence-corrected chi connectivity index (χ0v) is 11.4. The van der Waals surface area contributed by atoms with E-state index in [1.807, 2.05) is 0 Å². The van der Waals surface area contributed by atoms with Crippen molar-refractivity contribution < 1.29 is 4.79 Å². The minimum absolute atomic E-state index is 0.356. The SMILES string of the molecule is CC(NC(=O)C1CC2CC2C1)C1CC2CCC1C2. The minimum atomic E-state index is 0.356. The smallest absolute Gasteiger partial charge is 0.223 e. The molecule has 4 saturated carbocycles. The molecule has 18 heavy (non-hydrogen) atoms. The average molecular weight is 247 g/mol. The number of rotatable bonds is 3. The van der Waals surface area contributed by atoms with Gasteiger partial charge in [0, 0.05) is 12.0 Å². The van der Waals surface area contributed by atoms with Crippen molar-refractivity contribution in [2.24, 2.45) is 35.5 Å². The molecule has 6 unspecified atom stereocenters. The van der Waals surface area contributed by atoms with Crippen LogP contribution in [-0.4, -0.2) is 11.9 Å². The molecule has 100 valence electrons. The summed E-state index contributed by atoms with van der Waals surface area (Å²) >= 11 is 0. The van der Waals surface area contributed by atoms with E-state index in [2.05, 4.69) is 12.2 Å². The second-order valence-electron chi connectivity index (χ2n) is 7.56. The van der Waals surface area contributed by atoms with Gasteiger partial charge < -0.3 is 5.32 Å². The van der Waals surface area contributed by atoms with Crippen molar-refractivity contribution in [3.05, 3.63) is 0 Å². The molecule has 0 aromatic heterocycles. The van der Waals surface area contributed by atoms with Crippen molar-refractivity contribution in [2.75, 3.05) is 0 Å². The number of hydrogen-bond donors (Lipinski definition) is 1. The molecule has 0 aromatic rings. The lowest BCUT2D eigenvalue weighted by molar-refractivity contribution is -0.126. The summed E-state index contributed by atoms with van der Waals surface area (Å²) in [6, 6.07) is 0.421. The first-order valence-electron chi connectivity index (χ1n) is 8.01. The van der Waals surface area contributed by atoms with E-state index in [4.69, 9.17) is 0 Å². The van der Waals surface area contributed by atoms with Crippen LogP contribution in [0, 0.1) is 35.5 Å². The lowest BCUT2D eigenvalue weighted by Gasteiger charge is -2.29. The maximum atomic E-state index is 12.3. The summed E-state index contributed by atoms with van der Waals surface area (Å²) in [6.07, 6.45) is 9.46. The van der Waals surface area contributed by atoms with Gasteiger partial charge >= 0.3 is 0 Å². The van der Waals surface area contributed by atoms with Gasteiger partial charge in [-0.15, -0.1) is 0 Å². The Morgan fingerprint density at radius 3 is 2.39 bits per heavy atom. The van der Waals surface area contributed by atoms with Crippen LogP contribution in [-0.2, 0) is 4.79 Å². The van der Waals surface area contributed by atoms with Crippen molar-refractivity contribution >= 4 is 5.91 Å². The van der Waals surface area contributed by atoms with Crippen molar-refractivity contribution in [2.45, 2.75) is 57.9 Å². The van der Waals surface area contributed by atoms with E-state index in [0.717, 1.165) is 29.6 Å². The highest BCUT2D eigenvalue weighted by Crippen LogP contribution is 2.54. The summed E-state index contributed by atoms with van der Waals surface area (Å²) in [5, 5.41) is 3.35. The third-order valence-electron chi connectivity index (χ3n) is 6.42. The zero-order chi connectivity index (χ0) is 12.3. The molecule has 1 N–H and O–H groups in total. The van der Waals surface area contributed by atoms with Gasteiger partial charge in [-0.05, 0) is 75.0 Å². The fourth-order valence-corrected chi connectivity index (χ4v) is 5.28. The quantitative estimate of drug-likeness (QED) is 0.816. The van der Waals surface area contributed by atoms with Gasteiger partial charge in [-0.25, -0.2) is 0 Å². The molecule has 0 spiro atoms. The van der Waals surface area contributed by atoms with Gasteiger partial charge in [0.15, 0.2) is 0 Å².